The van der Waals surface area contributed by atoms with Crippen LogP contribution < -0.4 is 10.4 Å². The predicted octanol–water partition coefficient (Wildman–Crippen LogP) is 4.52. The third-order valence-electron chi connectivity index (χ3n) is 5.71. The van der Waals surface area contributed by atoms with E-state index in [1.165, 1.54) is 10.4 Å². The first-order valence-corrected chi connectivity index (χ1v) is 11.7. The van der Waals surface area contributed by atoms with Gasteiger partial charge in [-0.2, -0.15) is 0 Å². The molecule has 1 aliphatic rings. The Balaban J connectivity index is 2.04. The van der Waals surface area contributed by atoms with Crippen LogP contribution in [0, 0.1) is 0 Å². The average Bonchev–Trinajstić information content (AvgIpc) is 2.67. The summed E-state index contributed by atoms with van der Waals surface area (Å²) in [4.78, 5) is 0. The van der Waals surface area contributed by atoms with E-state index in [9.17, 15) is 0 Å². The van der Waals surface area contributed by atoms with Crippen LogP contribution in [0.3, 0.4) is 0 Å². The van der Waals surface area contributed by atoms with Crippen molar-refractivity contribution in [1.82, 2.24) is 0 Å². The van der Waals surface area contributed by atoms with Crippen LogP contribution in [0.15, 0.2) is 60.7 Å². The summed E-state index contributed by atoms with van der Waals surface area (Å²) in [7, 11) is -0.582. The van der Waals surface area contributed by atoms with E-state index in [4.69, 9.17) is 9.16 Å². The van der Waals surface area contributed by atoms with Gasteiger partial charge in [0, 0.05) is 13.2 Å². The molecule has 0 amide bonds. The highest BCUT2D eigenvalue weighted by atomic mass is 28.4. The van der Waals surface area contributed by atoms with Crippen molar-refractivity contribution in [2.45, 2.75) is 63.7 Å². The van der Waals surface area contributed by atoms with Crippen molar-refractivity contribution >= 4 is 18.7 Å². The van der Waals surface area contributed by atoms with E-state index in [0.717, 1.165) is 25.7 Å². The van der Waals surface area contributed by atoms with Crippen molar-refractivity contribution in [2.24, 2.45) is 0 Å². The second-order valence-electron chi connectivity index (χ2n) is 8.42. The standard InChI is InChI=1S/C23H32O2Si/c1-23(2,3)26(21-11-7-5-8-12-21,22-13-9-6-10-14-22)25-20-17-15-19(24-4)16-18-20/h5-14,19-20H,15-18H2,1-4H3/t19-,20-. The van der Waals surface area contributed by atoms with Gasteiger partial charge in [-0.25, -0.2) is 0 Å². The van der Waals surface area contributed by atoms with Gasteiger partial charge in [0.2, 0.25) is 0 Å². The molecular formula is C23H32O2Si. The minimum Gasteiger partial charge on any atom is -0.404 e. The van der Waals surface area contributed by atoms with Crippen LogP contribution in [0.2, 0.25) is 5.04 Å². The molecule has 0 aromatic heterocycles. The summed E-state index contributed by atoms with van der Waals surface area (Å²) in [6, 6.07) is 21.9. The maximum absolute atomic E-state index is 7.19. The van der Waals surface area contributed by atoms with Gasteiger partial charge >= 0.3 is 0 Å². The van der Waals surface area contributed by atoms with Crippen molar-refractivity contribution in [2.75, 3.05) is 7.11 Å². The van der Waals surface area contributed by atoms with Crippen LogP contribution in [-0.4, -0.2) is 27.6 Å². The lowest BCUT2D eigenvalue weighted by Gasteiger charge is -2.46. The molecule has 0 N–H and O–H groups in total. The largest absolute Gasteiger partial charge is 0.404 e. The Bertz CT molecular complexity index is 631. The Kier molecular flexibility index (Phi) is 6.01. The van der Waals surface area contributed by atoms with Gasteiger partial charge in [-0.05, 0) is 41.1 Å². The van der Waals surface area contributed by atoms with Gasteiger partial charge in [0.1, 0.15) is 0 Å². The molecule has 0 saturated heterocycles. The molecule has 2 aromatic rings. The topological polar surface area (TPSA) is 18.5 Å². The molecule has 0 spiro atoms. The molecule has 0 bridgehead atoms. The van der Waals surface area contributed by atoms with Crippen LogP contribution in [0.5, 0.6) is 0 Å². The van der Waals surface area contributed by atoms with Crippen LogP contribution in [0.4, 0.5) is 0 Å². The first kappa shape index (κ1) is 19.3. The highest BCUT2D eigenvalue weighted by molar-refractivity contribution is 6.99. The van der Waals surface area contributed by atoms with Gasteiger partial charge in [-0.1, -0.05) is 81.4 Å². The first-order chi connectivity index (χ1) is 12.5. The first-order valence-electron chi connectivity index (χ1n) is 9.79. The molecule has 1 aliphatic carbocycles. The molecule has 2 nitrogen and oxygen atoms in total. The number of hydrogen-bond donors (Lipinski definition) is 0. The van der Waals surface area contributed by atoms with Crippen molar-refractivity contribution in [3.05, 3.63) is 60.7 Å². The van der Waals surface area contributed by atoms with Gasteiger partial charge in [0.15, 0.2) is 0 Å². The fraction of sp³-hybridized carbons (Fsp3) is 0.478. The third kappa shape index (κ3) is 3.80. The van der Waals surface area contributed by atoms with Gasteiger partial charge < -0.3 is 9.16 Å². The lowest BCUT2D eigenvalue weighted by Crippen LogP contribution is -2.67. The number of ether oxygens (including phenoxy) is 1. The Morgan fingerprint density at radius 3 is 1.54 bits per heavy atom. The molecule has 0 heterocycles. The summed E-state index contributed by atoms with van der Waals surface area (Å²) in [5, 5.41) is 2.79. The zero-order chi connectivity index (χ0) is 18.6. The zero-order valence-corrected chi connectivity index (χ0v) is 17.6. The van der Waals surface area contributed by atoms with Gasteiger partial charge in [-0.3, -0.25) is 0 Å². The predicted molar refractivity (Wildman–Crippen MR) is 112 cm³/mol. The van der Waals surface area contributed by atoms with E-state index in [1.807, 2.05) is 7.11 Å². The van der Waals surface area contributed by atoms with E-state index in [1.54, 1.807) is 0 Å². The van der Waals surface area contributed by atoms with E-state index in [2.05, 4.69) is 81.4 Å². The third-order valence-corrected chi connectivity index (χ3v) is 10.8. The smallest absolute Gasteiger partial charge is 0.261 e. The van der Waals surface area contributed by atoms with E-state index < -0.39 is 8.32 Å². The fourth-order valence-electron chi connectivity index (χ4n) is 4.33. The van der Waals surface area contributed by atoms with Crippen molar-refractivity contribution in [3.8, 4) is 0 Å². The summed E-state index contributed by atoms with van der Waals surface area (Å²) in [6.45, 7) is 7.04. The van der Waals surface area contributed by atoms with Crippen LogP contribution in [-0.2, 0) is 9.16 Å². The molecule has 1 saturated carbocycles. The second-order valence-corrected chi connectivity index (χ2v) is 12.7. The van der Waals surface area contributed by atoms with Crippen molar-refractivity contribution in [1.29, 1.82) is 0 Å². The van der Waals surface area contributed by atoms with E-state index in [0.29, 0.717) is 12.2 Å². The molecule has 1 fully saturated rings. The van der Waals surface area contributed by atoms with Crippen LogP contribution in [0.25, 0.3) is 0 Å². The van der Waals surface area contributed by atoms with Gasteiger partial charge in [0.25, 0.3) is 8.32 Å². The maximum Gasteiger partial charge on any atom is 0.261 e. The summed E-state index contributed by atoms with van der Waals surface area (Å²) in [6.07, 6.45) is 5.08. The molecule has 0 unspecified atom stereocenters. The highest BCUT2D eigenvalue weighted by Crippen LogP contribution is 2.39. The second kappa shape index (κ2) is 8.08. The summed E-state index contributed by atoms with van der Waals surface area (Å²) in [5.41, 5.74) is 0. The minimum absolute atomic E-state index is 0.0494. The summed E-state index contributed by atoms with van der Waals surface area (Å²) < 4.78 is 12.8. The van der Waals surface area contributed by atoms with Crippen LogP contribution in [0.1, 0.15) is 46.5 Å². The summed E-state index contributed by atoms with van der Waals surface area (Å²) >= 11 is 0. The average molecular weight is 369 g/mol. The molecule has 0 radical (unpaired) electrons. The molecule has 3 rings (SSSR count). The lowest BCUT2D eigenvalue weighted by atomic mass is 9.95. The van der Waals surface area contributed by atoms with Crippen molar-refractivity contribution in [3.63, 3.8) is 0 Å². The quantitative estimate of drug-likeness (QED) is 0.723. The normalized spacial score (nSPS) is 21.5. The van der Waals surface area contributed by atoms with E-state index in [-0.39, 0.29) is 5.04 Å². The molecule has 3 heteroatoms. The number of benzene rings is 2. The summed E-state index contributed by atoms with van der Waals surface area (Å²) in [5.74, 6) is 0. The molecular weight excluding hydrogens is 336 g/mol. The van der Waals surface area contributed by atoms with Gasteiger partial charge in [-0.15, -0.1) is 0 Å². The minimum atomic E-state index is -2.41. The van der Waals surface area contributed by atoms with E-state index >= 15 is 0 Å². The maximum atomic E-state index is 7.19. The Morgan fingerprint density at radius 2 is 1.15 bits per heavy atom. The SMILES string of the molecule is CO[C@H]1CC[C@H](O[Si](c2ccccc2)(c2ccccc2)C(C)(C)C)CC1. The number of rotatable bonds is 5. The molecule has 0 atom stereocenters. The number of methoxy groups -OCH3 is 1. The van der Waals surface area contributed by atoms with Gasteiger partial charge in [0.05, 0.1) is 6.10 Å². The fourth-order valence-corrected chi connectivity index (χ4v) is 9.08. The lowest BCUT2D eigenvalue weighted by molar-refractivity contribution is 0.0297. The van der Waals surface area contributed by atoms with Crippen molar-refractivity contribution < 1.29 is 9.16 Å². The highest BCUT2D eigenvalue weighted by Gasteiger charge is 2.51. The number of hydrogen-bond acceptors (Lipinski definition) is 2. The monoisotopic (exact) mass is 368 g/mol. The Hall–Kier alpha value is -1.42. The zero-order valence-electron chi connectivity index (χ0n) is 16.6. The molecule has 26 heavy (non-hydrogen) atoms. The molecule has 2 aromatic carbocycles. The Labute approximate surface area is 159 Å². The molecule has 140 valence electrons. The molecule has 0 aliphatic heterocycles. The Morgan fingerprint density at radius 1 is 0.731 bits per heavy atom. The van der Waals surface area contributed by atoms with Crippen LogP contribution >= 0.6 is 0 Å².